The SMILES string of the molecule is CC(=O)N[C@H]1[C@H](O[C@@H]2[C@@H](OC[C@H]3O[C@H](O)[C@@H](O)[C@@H](O[C@H]4O[C@H](CO)[C@@H](O)[C@H](O)[C@@H]4O[C@@H]4O[C@H](CO)[C@@H](O[C@@H]5O[C@H](CO)[C@H](O)[C@H](O)[C@H]5O)[C@H](O[C@H]5O[C@H](C)[C@H](O)[C@H](O)[C@H]5O)[C@H]4NC(C)=O)[C@@H]3O)O[C@H](CO)[C@@H](O)[C@@H]2O)O[C@H](CO)[C@@H](O[C@@H]2O[C@H](CO)[C@H](O)[C@H](O)[C@H]2O)[C@@H]1O[C@H]1O[C@H](C)[C@H](O)[C@H](O)[C@H]1O. The molecule has 45 atom stereocenters. The standard InChI is InChI=1S/C58H98N2O44/c1-12-25(69)32(76)38(82)53(89-12)100-45-23(59-14(3)67)51(96-20(9-65)43(45)98-55-40(84)34(78)27(71)16(5-61)92-55)103-48-36(80)29(73)18(7-63)94-57(48)88-11-22-31(75)47(42(86)50(87)91-22)102-58-49(37(81)30(74)19(8-64)95-58)104-52-24(60-15(4)68)46(101-54-39(83)33(77)26(70)13(2)90-54)44(21(10-66)97-52)99-56-41(85)35(79)28(72)17(6-62)93-56/h12-13,16-58,61-66,69-87H,5-11H2,1-4H3,(H,59,67)(H,60,68)/t12-,13-,16-,17-,18-,19-,20-,21-,22-,23-,24-,25+,26+,27+,28+,29-,30-,31-,32+,33+,34+,35+,36+,37+,38-,39-,40-,41-,42+,43-,44-,45-,46-,47+,48+,49+,50+,51+,52+,53-,54-,55+,56+,57+,58-/m1/s1. The van der Waals surface area contributed by atoms with Crippen LogP contribution in [-0.4, -0.2) is 462 Å². The van der Waals surface area contributed by atoms with Crippen molar-refractivity contribution in [2.45, 2.75) is 304 Å². The maximum absolute atomic E-state index is 13.2. The number of aliphatic hydroxyl groups is 25. The molecule has 0 bridgehead atoms. The molecule has 9 heterocycles. The van der Waals surface area contributed by atoms with E-state index in [0.717, 1.165) is 13.8 Å². The Balaban J connectivity index is 0.993. The van der Waals surface area contributed by atoms with E-state index in [1.54, 1.807) is 0 Å². The third-order valence-electron chi connectivity index (χ3n) is 19.5. The van der Waals surface area contributed by atoms with Crippen molar-refractivity contribution in [2.24, 2.45) is 0 Å². The molecule has 9 rings (SSSR count). The van der Waals surface area contributed by atoms with E-state index < -0.39 is 334 Å². The number of hydrogen-bond acceptors (Lipinski definition) is 44. The zero-order chi connectivity index (χ0) is 76.5. The van der Waals surface area contributed by atoms with E-state index in [2.05, 4.69) is 10.6 Å². The smallest absolute Gasteiger partial charge is 0.217 e. The predicted molar refractivity (Wildman–Crippen MR) is 317 cm³/mol. The van der Waals surface area contributed by atoms with Crippen molar-refractivity contribution in [3.8, 4) is 0 Å². The van der Waals surface area contributed by atoms with E-state index >= 15 is 0 Å². The lowest BCUT2D eigenvalue weighted by atomic mass is 9.93. The number of hydrogen-bond donors (Lipinski definition) is 27. The number of carbonyl (C=O) groups is 2. The Hall–Kier alpha value is -2.74. The molecule has 0 aliphatic carbocycles. The lowest BCUT2D eigenvalue weighted by Crippen LogP contribution is -2.71. The van der Waals surface area contributed by atoms with Crippen molar-refractivity contribution in [3.63, 3.8) is 0 Å². The summed E-state index contributed by atoms with van der Waals surface area (Å²) in [5, 5.41) is 278. The maximum atomic E-state index is 13.2. The number of nitrogens with one attached hydrogen (secondary N) is 2. The van der Waals surface area contributed by atoms with Gasteiger partial charge in [-0.25, -0.2) is 0 Å². The Morgan fingerprint density at radius 2 is 0.558 bits per heavy atom. The molecule has 104 heavy (non-hydrogen) atoms. The summed E-state index contributed by atoms with van der Waals surface area (Å²) in [4.78, 5) is 26.5. The highest BCUT2D eigenvalue weighted by molar-refractivity contribution is 5.73. The van der Waals surface area contributed by atoms with E-state index in [4.69, 9.17) is 80.5 Å². The van der Waals surface area contributed by atoms with Crippen LogP contribution in [0.5, 0.6) is 0 Å². The lowest BCUT2D eigenvalue weighted by molar-refractivity contribution is -0.399. The van der Waals surface area contributed by atoms with Gasteiger partial charge in [0.25, 0.3) is 0 Å². The van der Waals surface area contributed by atoms with Crippen LogP contribution in [0, 0.1) is 0 Å². The van der Waals surface area contributed by atoms with Crippen LogP contribution >= 0.6 is 0 Å². The zero-order valence-corrected chi connectivity index (χ0v) is 55.9. The minimum absolute atomic E-state index is 0.944. The number of amides is 2. The van der Waals surface area contributed by atoms with Gasteiger partial charge in [0.05, 0.1) is 58.5 Å². The summed E-state index contributed by atoms with van der Waals surface area (Å²) in [5.41, 5.74) is 0. The molecule has 27 N–H and O–H groups in total. The summed E-state index contributed by atoms with van der Waals surface area (Å²) < 4.78 is 101. The summed E-state index contributed by atoms with van der Waals surface area (Å²) in [5.74, 6) is -1.91. The molecule has 9 aliphatic rings. The van der Waals surface area contributed by atoms with Crippen molar-refractivity contribution in [1.29, 1.82) is 0 Å². The van der Waals surface area contributed by atoms with Crippen molar-refractivity contribution in [1.82, 2.24) is 10.6 Å². The quantitative estimate of drug-likeness (QED) is 0.0404. The molecule has 0 aromatic rings. The average molecular weight is 1530 g/mol. The van der Waals surface area contributed by atoms with E-state index in [0.29, 0.717) is 0 Å². The molecule has 0 aromatic heterocycles. The predicted octanol–water partition coefficient (Wildman–Crippen LogP) is -18.3. The first-order valence-corrected chi connectivity index (χ1v) is 33.4. The van der Waals surface area contributed by atoms with Gasteiger partial charge in [0.1, 0.15) is 207 Å². The monoisotopic (exact) mass is 1530 g/mol. The Labute approximate surface area is 589 Å². The molecule has 9 saturated heterocycles. The zero-order valence-electron chi connectivity index (χ0n) is 55.9. The summed E-state index contributed by atoms with van der Waals surface area (Å²) >= 11 is 0. The second-order valence-corrected chi connectivity index (χ2v) is 26.7. The third-order valence-corrected chi connectivity index (χ3v) is 19.5. The van der Waals surface area contributed by atoms with Gasteiger partial charge in [0.2, 0.25) is 11.8 Å². The number of aliphatic hydroxyl groups excluding tert-OH is 25. The first kappa shape index (κ1) is 85.3. The first-order valence-electron chi connectivity index (χ1n) is 33.4. The molecule has 9 fully saturated rings. The van der Waals surface area contributed by atoms with Crippen molar-refractivity contribution in [3.05, 3.63) is 0 Å². The van der Waals surface area contributed by atoms with Gasteiger partial charge in [-0.2, -0.15) is 0 Å². The molecular weight excluding hydrogens is 1430 g/mol. The van der Waals surface area contributed by atoms with Gasteiger partial charge in [0.15, 0.2) is 56.6 Å². The molecule has 46 heteroatoms. The minimum atomic E-state index is -2.42. The van der Waals surface area contributed by atoms with Gasteiger partial charge in [-0.3, -0.25) is 9.59 Å². The highest BCUT2D eigenvalue weighted by Gasteiger charge is 2.61. The molecule has 46 nitrogen and oxygen atoms in total. The van der Waals surface area contributed by atoms with Crippen molar-refractivity contribution < 1.29 is 218 Å². The highest BCUT2D eigenvalue weighted by Crippen LogP contribution is 2.40. The van der Waals surface area contributed by atoms with Gasteiger partial charge in [-0.05, 0) is 13.8 Å². The third kappa shape index (κ3) is 18.1. The second kappa shape index (κ2) is 36.6. The van der Waals surface area contributed by atoms with Crippen molar-refractivity contribution >= 4 is 11.8 Å². The van der Waals surface area contributed by atoms with Gasteiger partial charge < -0.3 is 219 Å². The van der Waals surface area contributed by atoms with Gasteiger partial charge in [-0.1, -0.05) is 0 Å². The molecular formula is C58H98N2O44. The fourth-order valence-electron chi connectivity index (χ4n) is 13.5. The highest BCUT2D eigenvalue weighted by atomic mass is 16.8. The normalized spacial score (nSPS) is 51.9. The molecule has 0 saturated carbocycles. The van der Waals surface area contributed by atoms with Crippen molar-refractivity contribution in [2.75, 3.05) is 46.2 Å². The van der Waals surface area contributed by atoms with Gasteiger partial charge >= 0.3 is 0 Å². The van der Waals surface area contributed by atoms with E-state index in [9.17, 15) is 137 Å². The van der Waals surface area contributed by atoms with Crippen LogP contribution in [0.1, 0.15) is 27.7 Å². The van der Waals surface area contributed by atoms with Crippen LogP contribution in [0.3, 0.4) is 0 Å². The molecule has 0 aromatic carbocycles. The minimum Gasteiger partial charge on any atom is -0.394 e. The fraction of sp³-hybridized carbons (Fsp3) is 0.966. The summed E-state index contributed by atoms with van der Waals surface area (Å²) in [7, 11) is 0. The molecule has 0 radical (unpaired) electrons. The van der Waals surface area contributed by atoms with Crippen LogP contribution < -0.4 is 10.6 Å². The Morgan fingerprint density at radius 1 is 0.269 bits per heavy atom. The number of carbonyl (C=O) groups excluding carboxylic acids is 2. The molecule has 604 valence electrons. The van der Waals surface area contributed by atoms with Crippen LogP contribution in [0.4, 0.5) is 0 Å². The van der Waals surface area contributed by atoms with Gasteiger partial charge in [0, 0.05) is 13.8 Å². The van der Waals surface area contributed by atoms with E-state index in [1.807, 2.05) is 0 Å². The largest absolute Gasteiger partial charge is 0.394 e. The Bertz CT molecular complexity index is 2680. The summed E-state index contributed by atoms with van der Waals surface area (Å²) in [6.45, 7) is -3.09. The van der Waals surface area contributed by atoms with E-state index in [1.165, 1.54) is 13.8 Å². The van der Waals surface area contributed by atoms with E-state index in [-0.39, 0.29) is 0 Å². The second-order valence-electron chi connectivity index (χ2n) is 26.7. The maximum Gasteiger partial charge on any atom is 0.217 e. The molecule has 9 aliphatic heterocycles. The molecule has 0 spiro atoms. The van der Waals surface area contributed by atoms with Crippen LogP contribution in [0.15, 0.2) is 0 Å². The van der Waals surface area contributed by atoms with Gasteiger partial charge in [-0.15, -0.1) is 0 Å². The molecule has 0 unspecified atom stereocenters. The van der Waals surface area contributed by atoms with Crippen LogP contribution in [-0.2, 0) is 90.1 Å². The Morgan fingerprint density at radius 3 is 0.923 bits per heavy atom. The Kier molecular flexibility index (Phi) is 30.0. The lowest BCUT2D eigenvalue weighted by Gasteiger charge is -2.52. The van der Waals surface area contributed by atoms with Crippen LogP contribution in [0.25, 0.3) is 0 Å². The van der Waals surface area contributed by atoms with Crippen LogP contribution in [0.2, 0.25) is 0 Å². The fourth-order valence-corrected chi connectivity index (χ4v) is 13.5. The topological polar surface area (TPSA) is 721 Å². The summed E-state index contributed by atoms with van der Waals surface area (Å²) in [6, 6.07) is -3.87. The number of rotatable bonds is 25. The summed E-state index contributed by atoms with van der Waals surface area (Å²) in [6.07, 6.45) is -86.6. The average Bonchev–Trinajstić information content (AvgIpc) is 0.762. The first-order chi connectivity index (χ1) is 49.1. The number of ether oxygens (including phenoxy) is 17. The molecule has 2 amide bonds.